The number of aryl methyl sites for hydroxylation is 1. The van der Waals surface area contributed by atoms with E-state index in [0.717, 1.165) is 36.4 Å². The fourth-order valence-corrected chi connectivity index (χ4v) is 2.82. The smallest absolute Gasteiger partial charge is 0.422 e. The second-order valence-corrected chi connectivity index (χ2v) is 6.14. The molecule has 0 saturated heterocycles. The van der Waals surface area contributed by atoms with Crippen LogP contribution in [-0.4, -0.2) is 42.8 Å². The number of rotatable bonds is 5. The minimum atomic E-state index is -4.48. The zero-order valence-corrected chi connectivity index (χ0v) is 14.7. The van der Waals surface area contributed by atoms with Gasteiger partial charge in [0, 0.05) is 24.5 Å². The summed E-state index contributed by atoms with van der Waals surface area (Å²) in [5.41, 5.74) is 1.88. The number of aromatic nitrogens is 1. The number of hydrogen-bond donors (Lipinski definition) is 0. The molecule has 0 bridgehead atoms. The molecule has 1 amide bonds. The van der Waals surface area contributed by atoms with Crippen molar-refractivity contribution in [3.05, 3.63) is 53.7 Å². The molecule has 6 nitrogen and oxygen atoms in total. The fraction of sp³-hybridized carbons (Fsp3) is 0.316. The number of esters is 1. The van der Waals surface area contributed by atoms with Gasteiger partial charge >= 0.3 is 12.1 Å². The third-order valence-electron chi connectivity index (χ3n) is 4.09. The average molecular weight is 394 g/mol. The van der Waals surface area contributed by atoms with E-state index >= 15 is 0 Å². The molecule has 0 radical (unpaired) electrons. The average Bonchev–Trinajstić information content (AvgIpc) is 2.69. The van der Waals surface area contributed by atoms with Crippen LogP contribution in [-0.2, 0) is 16.0 Å². The number of benzene rings is 1. The molecule has 0 saturated carbocycles. The number of carbonyl (C=O) groups excluding carboxylic acids is 2. The predicted octanol–water partition coefficient (Wildman–Crippen LogP) is 3.16. The summed E-state index contributed by atoms with van der Waals surface area (Å²) in [4.78, 5) is 29.7. The van der Waals surface area contributed by atoms with Gasteiger partial charge in [-0.25, -0.2) is 9.78 Å². The van der Waals surface area contributed by atoms with Crippen molar-refractivity contribution in [2.24, 2.45) is 0 Å². The van der Waals surface area contributed by atoms with Gasteiger partial charge in [-0.15, -0.1) is 0 Å². The van der Waals surface area contributed by atoms with Crippen molar-refractivity contribution in [2.75, 3.05) is 24.7 Å². The van der Waals surface area contributed by atoms with Crippen molar-refractivity contribution >= 4 is 17.6 Å². The van der Waals surface area contributed by atoms with E-state index in [-0.39, 0.29) is 17.4 Å². The Morgan fingerprint density at radius 1 is 1.14 bits per heavy atom. The number of alkyl halides is 3. The lowest BCUT2D eigenvalue weighted by atomic mass is 10.0. The summed E-state index contributed by atoms with van der Waals surface area (Å²) < 4.78 is 45.8. The molecular formula is C19H17F3N2O4. The number of para-hydroxylation sites is 1. The van der Waals surface area contributed by atoms with Gasteiger partial charge in [-0.1, -0.05) is 18.2 Å². The Morgan fingerprint density at radius 3 is 2.64 bits per heavy atom. The van der Waals surface area contributed by atoms with Gasteiger partial charge in [0.05, 0.1) is 5.56 Å². The molecule has 2 heterocycles. The number of halogens is 3. The first-order valence-electron chi connectivity index (χ1n) is 8.54. The summed E-state index contributed by atoms with van der Waals surface area (Å²) in [6.45, 7) is -1.38. The number of hydrogen-bond acceptors (Lipinski definition) is 5. The molecule has 0 spiro atoms. The lowest BCUT2D eigenvalue weighted by molar-refractivity contribution is -0.154. The molecule has 1 aliphatic rings. The van der Waals surface area contributed by atoms with Crippen molar-refractivity contribution in [1.29, 1.82) is 0 Å². The Morgan fingerprint density at radius 2 is 1.93 bits per heavy atom. The first kappa shape index (κ1) is 19.7. The maximum atomic E-state index is 12.4. The number of pyridine rings is 1. The highest BCUT2D eigenvalue weighted by Crippen LogP contribution is 2.26. The maximum Gasteiger partial charge on any atom is 0.422 e. The van der Waals surface area contributed by atoms with Gasteiger partial charge in [0.15, 0.2) is 13.2 Å². The summed E-state index contributed by atoms with van der Waals surface area (Å²) in [6.07, 6.45) is -1.74. The van der Waals surface area contributed by atoms with Crippen molar-refractivity contribution in [2.45, 2.75) is 19.0 Å². The Bertz CT molecular complexity index is 853. The van der Waals surface area contributed by atoms with Gasteiger partial charge in [0.1, 0.15) is 0 Å². The molecule has 1 aliphatic heterocycles. The van der Waals surface area contributed by atoms with E-state index in [2.05, 4.69) is 9.72 Å². The molecule has 148 valence electrons. The van der Waals surface area contributed by atoms with Crippen LogP contribution in [0.1, 0.15) is 22.3 Å². The van der Waals surface area contributed by atoms with E-state index < -0.39 is 25.4 Å². The highest BCUT2D eigenvalue weighted by molar-refractivity contribution is 5.97. The fourth-order valence-electron chi connectivity index (χ4n) is 2.82. The van der Waals surface area contributed by atoms with E-state index in [1.165, 1.54) is 6.07 Å². The highest BCUT2D eigenvalue weighted by Gasteiger charge is 2.28. The second kappa shape index (κ2) is 8.28. The van der Waals surface area contributed by atoms with Gasteiger partial charge in [-0.3, -0.25) is 4.79 Å². The van der Waals surface area contributed by atoms with Crippen LogP contribution >= 0.6 is 0 Å². The van der Waals surface area contributed by atoms with Crippen LogP contribution in [0.3, 0.4) is 0 Å². The number of anilines is 1. The van der Waals surface area contributed by atoms with Gasteiger partial charge in [0.25, 0.3) is 5.91 Å². The zero-order chi connectivity index (χ0) is 20.1. The third-order valence-corrected chi connectivity index (χ3v) is 4.09. The number of ether oxygens (including phenoxy) is 2. The molecule has 1 aromatic heterocycles. The van der Waals surface area contributed by atoms with Crippen LogP contribution in [0.4, 0.5) is 18.9 Å². The molecule has 2 aromatic rings. The summed E-state index contributed by atoms with van der Waals surface area (Å²) in [5.74, 6) is -1.41. The normalized spacial score (nSPS) is 13.6. The second-order valence-electron chi connectivity index (χ2n) is 6.14. The lowest BCUT2D eigenvalue weighted by Gasteiger charge is -2.29. The first-order chi connectivity index (χ1) is 13.3. The summed E-state index contributed by atoms with van der Waals surface area (Å²) in [7, 11) is 0. The van der Waals surface area contributed by atoms with Crippen LogP contribution in [0.5, 0.6) is 5.88 Å². The quantitative estimate of drug-likeness (QED) is 0.729. The van der Waals surface area contributed by atoms with Gasteiger partial charge in [-0.05, 0) is 30.5 Å². The minimum Gasteiger partial charge on any atom is -0.468 e. The Hall–Kier alpha value is -3.10. The molecular weight excluding hydrogens is 377 g/mol. The molecule has 0 atom stereocenters. The van der Waals surface area contributed by atoms with Crippen molar-refractivity contribution < 1.29 is 32.2 Å². The minimum absolute atomic E-state index is 0.00574. The van der Waals surface area contributed by atoms with Crippen LogP contribution in [0.2, 0.25) is 0 Å². The number of fused-ring (bicyclic) bond motifs is 1. The van der Waals surface area contributed by atoms with Gasteiger partial charge < -0.3 is 14.4 Å². The van der Waals surface area contributed by atoms with Crippen LogP contribution < -0.4 is 9.64 Å². The van der Waals surface area contributed by atoms with E-state index in [1.54, 1.807) is 4.90 Å². The monoisotopic (exact) mass is 394 g/mol. The molecule has 0 fully saturated rings. The van der Waals surface area contributed by atoms with Crippen LogP contribution in [0, 0.1) is 0 Å². The zero-order valence-electron chi connectivity index (χ0n) is 14.7. The third kappa shape index (κ3) is 4.99. The molecule has 1 aromatic carbocycles. The summed E-state index contributed by atoms with van der Waals surface area (Å²) in [6, 6.07) is 9.89. The number of nitrogens with zero attached hydrogens (tertiary/aromatic N) is 2. The highest BCUT2D eigenvalue weighted by atomic mass is 19.4. The molecule has 0 N–H and O–H groups in total. The number of carbonyl (C=O) groups is 2. The van der Waals surface area contributed by atoms with E-state index in [0.29, 0.717) is 6.54 Å². The number of amides is 1. The Balaban J connectivity index is 1.55. The van der Waals surface area contributed by atoms with Crippen molar-refractivity contribution in [3.63, 3.8) is 0 Å². The van der Waals surface area contributed by atoms with Crippen LogP contribution in [0.15, 0.2) is 42.6 Å². The Labute approximate surface area is 158 Å². The van der Waals surface area contributed by atoms with Gasteiger partial charge in [0.2, 0.25) is 5.88 Å². The molecule has 0 aliphatic carbocycles. The summed E-state index contributed by atoms with van der Waals surface area (Å²) >= 11 is 0. The topological polar surface area (TPSA) is 68.7 Å². The van der Waals surface area contributed by atoms with E-state index in [9.17, 15) is 22.8 Å². The largest absolute Gasteiger partial charge is 0.468 e. The SMILES string of the molecule is O=C(OCC(=O)N1CCCc2ccccc21)c1ccc(OCC(F)(F)F)nc1. The predicted molar refractivity (Wildman–Crippen MR) is 93.2 cm³/mol. The first-order valence-corrected chi connectivity index (χ1v) is 8.54. The molecule has 3 rings (SSSR count). The lowest BCUT2D eigenvalue weighted by Crippen LogP contribution is -2.38. The molecule has 0 unspecified atom stereocenters. The molecule has 9 heteroatoms. The molecule has 28 heavy (non-hydrogen) atoms. The maximum absolute atomic E-state index is 12.4. The van der Waals surface area contributed by atoms with Crippen molar-refractivity contribution in [3.8, 4) is 5.88 Å². The van der Waals surface area contributed by atoms with Gasteiger partial charge in [-0.2, -0.15) is 13.2 Å². The van der Waals surface area contributed by atoms with Crippen molar-refractivity contribution in [1.82, 2.24) is 4.98 Å². The van der Waals surface area contributed by atoms with E-state index in [1.807, 2.05) is 24.3 Å². The standard InChI is InChI=1S/C19H17F3N2O4/c20-19(21,22)12-28-16-8-7-14(10-23-16)18(26)27-11-17(25)24-9-3-5-13-4-1-2-6-15(13)24/h1-2,4,6-8,10H,3,5,9,11-12H2. The summed E-state index contributed by atoms with van der Waals surface area (Å²) in [5, 5.41) is 0. The van der Waals surface area contributed by atoms with Crippen LogP contribution in [0.25, 0.3) is 0 Å². The van der Waals surface area contributed by atoms with E-state index in [4.69, 9.17) is 4.74 Å². The Kier molecular flexibility index (Phi) is 5.81.